The van der Waals surface area contributed by atoms with E-state index in [1.807, 2.05) is 6.07 Å². The van der Waals surface area contributed by atoms with Gasteiger partial charge in [0, 0.05) is 17.2 Å². The van der Waals surface area contributed by atoms with E-state index in [0.717, 1.165) is 9.99 Å². The first kappa shape index (κ1) is 17.9. The van der Waals surface area contributed by atoms with Crippen LogP contribution in [0.15, 0.2) is 22.9 Å². The predicted octanol–water partition coefficient (Wildman–Crippen LogP) is 3.25. The first-order valence-corrected chi connectivity index (χ1v) is 8.91. The van der Waals surface area contributed by atoms with Gasteiger partial charge in [-0.3, -0.25) is 0 Å². The van der Waals surface area contributed by atoms with Crippen LogP contribution in [0.4, 0.5) is 15.1 Å². The van der Waals surface area contributed by atoms with Crippen molar-refractivity contribution in [2.45, 2.75) is 45.0 Å². The molecule has 0 spiro atoms. The number of aromatic nitrogens is 3. The fourth-order valence-corrected chi connectivity index (χ4v) is 3.06. The highest BCUT2D eigenvalue weighted by molar-refractivity contribution is 9.10. The van der Waals surface area contributed by atoms with Gasteiger partial charge in [-0.05, 0) is 49.2 Å². The summed E-state index contributed by atoms with van der Waals surface area (Å²) < 4.78 is 22.4. The van der Waals surface area contributed by atoms with Gasteiger partial charge in [0.1, 0.15) is 11.8 Å². The zero-order valence-corrected chi connectivity index (χ0v) is 16.0. The van der Waals surface area contributed by atoms with E-state index in [1.165, 1.54) is 4.90 Å². The van der Waals surface area contributed by atoms with E-state index < -0.39 is 23.9 Å². The summed E-state index contributed by atoms with van der Waals surface area (Å²) in [5.74, 6) is 0.356. The molecule has 0 radical (unpaired) electrons. The minimum absolute atomic E-state index is 0.0100. The number of halogens is 2. The summed E-state index contributed by atoms with van der Waals surface area (Å²) in [6.45, 7) is 5.78. The average molecular weight is 414 g/mol. The topological polar surface area (TPSA) is 71.8 Å². The lowest BCUT2D eigenvalue weighted by Crippen LogP contribution is -2.51. The summed E-state index contributed by atoms with van der Waals surface area (Å²) in [5.41, 5.74) is 0.244. The molecule has 2 atom stereocenters. The maximum atomic E-state index is 14.5. The van der Waals surface area contributed by atoms with Crippen LogP contribution in [0.2, 0.25) is 0 Å². The van der Waals surface area contributed by atoms with Crippen molar-refractivity contribution in [2.75, 3.05) is 18.4 Å². The fourth-order valence-electron chi connectivity index (χ4n) is 2.66. The molecule has 1 fully saturated rings. The maximum Gasteiger partial charge on any atom is 0.410 e. The molecule has 1 saturated heterocycles. The second-order valence-corrected chi connectivity index (χ2v) is 7.91. The number of nitrogens with one attached hydrogen (secondary N) is 1. The van der Waals surface area contributed by atoms with Crippen molar-refractivity contribution in [3.8, 4) is 0 Å². The van der Waals surface area contributed by atoms with E-state index in [0.29, 0.717) is 18.9 Å². The number of likely N-dealkylation sites (tertiary alicyclic amines) is 1. The molecule has 1 aliphatic heterocycles. The largest absolute Gasteiger partial charge is 0.444 e. The Labute approximate surface area is 153 Å². The van der Waals surface area contributed by atoms with Gasteiger partial charge in [-0.2, -0.15) is 0 Å². The van der Waals surface area contributed by atoms with E-state index >= 15 is 0 Å². The summed E-state index contributed by atoms with van der Waals surface area (Å²) in [7, 11) is 0. The molecule has 2 aromatic heterocycles. The molecular weight excluding hydrogens is 393 g/mol. The van der Waals surface area contributed by atoms with Gasteiger partial charge >= 0.3 is 6.09 Å². The molecule has 0 aromatic carbocycles. The summed E-state index contributed by atoms with van der Waals surface area (Å²) in [6.07, 6.45) is 2.21. The highest BCUT2D eigenvalue weighted by Gasteiger charge is 2.34. The average Bonchev–Trinajstić information content (AvgIpc) is 2.88. The number of rotatable bonds is 2. The fraction of sp³-hybridized carbons (Fsp3) is 0.562. The van der Waals surface area contributed by atoms with Crippen LogP contribution in [0.25, 0.3) is 5.52 Å². The third kappa shape index (κ3) is 4.20. The third-order valence-corrected chi connectivity index (χ3v) is 4.54. The lowest BCUT2D eigenvalue weighted by atomic mass is 10.0. The number of piperidine rings is 1. The Morgan fingerprint density at radius 2 is 2.24 bits per heavy atom. The number of hydrogen-bond acceptors (Lipinski definition) is 5. The summed E-state index contributed by atoms with van der Waals surface area (Å²) in [5, 5.41) is 7.35. The van der Waals surface area contributed by atoms with Gasteiger partial charge in [-0.1, -0.05) is 0 Å². The number of hydrogen-bond donors (Lipinski definition) is 1. The molecule has 9 heteroatoms. The number of amides is 1. The molecule has 7 nitrogen and oxygen atoms in total. The van der Waals surface area contributed by atoms with Gasteiger partial charge < -0.3 is 15.0 Å². The molecule has 1 aliphatic rings. The maximum absolute atomic E-state index is 14.5. The molecular formula is C16H21BrFN5O2. The number of nitrogens with zero attached hydrogens (tertiary/aromatic N) is 4. The summed E-state index contributed by atoms with van der Waals surface area (Å²) in [6, 6.07) is 1.42. The molecule has 0 unspecified atom stereocenters. The Bertz CT molecular complexity index is 775. The van der Waals surface area contributed by atoms with Crippen LogP contribution < -0.4 is 5.32 Å². The van der Waals surface area contributed by atoms with Crippen LogP contribution in [0.5, 0.6) is 0 Å². The van der Waals surface area contributed by atoms with Crippen LogP contribution in [0, 0.1) is 0 Å². The summed E-state index contributed by atoms with van der Waals surface area (Å²) >= 11 is 3.41. The molecule has 3 rings (SSSR count). The highest BCUT2D eigenvalue weighted by atomic mass is 79.9. The second-order valence-electron chi connectivity index (χ2n) is 7.06. The van der Waals surface area contributed by atoms with E-state index in [2.05, 4.69) is 31.3 Å². The van der Waals surface area contributed by atoms with Crippen molar-refractivity contribution >= 4 is 33.5 Å². The Morgan fingerprint density at radius 1 is 1.48 bits per heavy atom. The SMILES string of the molecule is CC(C)(C)OC(=O)N1CC[C@H](Nc2ncc3c(Br)ccn3n2)[C@H](F)C1. The molecule has 0 bridgehead atoms. The number of carbonyl (C=O) groups excluding carboxylic acids is 1. The molecule has 1 amide bonds. The van der Waals surface area contributed by atoms with Crippen LogP contribution in [-0.2, 0) is 4.74 Å². The number of fused-ring (bicyclic) bond motifs is 1. The molecule has 1 N–H and O–H groups in total. The zero-order valence-electron chi connectivity index (χ0n) is 14.4. The van der Waals surface area contributed by atoms with Crippen molar-refractivity contribution in [3.63, 3.8) is 0 Å². The Kier molecular flexibility index (Phi) is 4.86. The first-order valence-electron chi connectivity index (χ1n) is 8.11. The van der Waals surface area contributed by atoms with Gasteiger partial charge in [0.25, 0.3) is 0 Å². The number of anilines is 1. The number of ether oxygens (including phenoxy) is 1. The molecule has 136 valence electrons. The van der Waals surface area contributed by atoms with E-state index in [9.17, 15) is 9.18 Å². The van der Waals surface area contributed by atoms with E-state index in [-0.39, 0.29) is 6.54 Å². The Hall–Kier alpha value is -1.90. The number of carbonyl (C=O) groups is 1. The van der Waals surface area contributed by atoms with Gasteiger partial charge in [-0.25, -0.2) is 18.7 Å². The smallest absolute Gasteiger partial charge is 0.410 e. The highest BCUT2D eigenvalue weighted by Crippen LogP contribution is 2.21. The van der Waals surface area contributed by atoms with Gasteiger partial charge in [-0.15, -0.1) is 5.10 Å². The molecule has 3 heterocycles. The van der Waals surface area contributed by atoms with Crippen molar-refractivity contribution in [1.29, 1.82) is 0 Å². The van der Waals surface area contributed by atoms with Crippen LogP contribution in [-0.4, -0.2) is 56.5 Å². The number of alkyl halides is 1. The van der Waals surface area contributed by atoms with Crippen LogP contribution >= 0.6 is 15.9 Å². The quantitative estimate of drug-likeness (QED) is 0.817. The van der Waals surface area contributed by atoms with E-state index in [1.54, 1.807) is 37.7 Å². The zero-order chi connectivity index (χ0) is 18.2. The summed E-state index contributed by atoms with van der Waals surface area (Å²) in [4.78, 5) is 17.7. The predicted molar refractivity (Wildman–Crippen MR) is 95.4 cm³/mol. The molecule has 25 heavy (non-hydrogen) atoms. The Balaban J connectivity index is 1.62. The molecule has 2 aromatic rings. The van der Waals surface area contributed by atoms with Crippen molar-refractivity contribution in [1.82, 2.24) is 19.5 Å². The van der Waals surface area contributed by atoms with Crippen molar-refractivity contribution < 1.29 is 13.9 Å². The lowest BCUT2D eigenvalue weighted by Gasteiger charge is -2.35. The monoisotopic (exact) mass is 413 g/mol. The Morgan fingerprint density at radius 3 is 2.92 bits per heavy atom. The van der Waals surface area contributed by atoms with Gasteiger partial charge in [0.15, 0.2) is 0 Å². The molecule has 0 aliphatic carbocycles. The van der Waals surface area contributed by atoms with Crippen molar-refractivity contribution in [2.24, 2.45) is 0 Å². The first-order chi connectivity index (χ1) is 11.7. The van der Waals surface area contributed by atoms with E-state index in [4.69, 9.17) is 4.74 Å². The standard InChI is InChI=1S/C16H21BrFN5O2/c1-16(2,3)25-15(24)22-6-5-12(11(18)9-22)20-14-19-8-13-10(17)4-7-23(13)21-14/h4,7-8,11-12H,5-6,9H2,1-3H3,(H,20,21)/t11-,12+/m1/s1. The third-order valence-electron chi connectivity index (χ3n) is 3.87. The second kappa shape index (κ2) is 6.78. The minimum Gasteiger partial charge on any atom is -0.444 e. The lowest BCUT2D eigenvalue weighted by molar-refractivity contribution is 0.0125. The van der Waals surface area contributed by atoms with Gasteiger partial charge in [0.2, 0.25) is 5.95 Å². The van der Waals surface area contributed by atoms with Crippen LogP contribution in [0.3, 0.4) is 0 Å². The van der Waals surface area contributed by atoms with Crippen LogP contribution in [0.1, 0.15) is 27.2 Å². The van der Waals surface area contributed by atoms with Gasteiger partial charge in [0.05, 0.1) is 24.3 Å². The minimum atomic E-state index is -1.23. The van der Waals surface area contributed by atoms with Crippen molar-refractivity contribution in [3.05, 3.63) is 22.9 Å². The molecule has 0 saturated carbocycles. The normalized spacial score (nSPS) is 21.4.